The summed E-state index contributed by atoms with van der Waals surface area (Å²) >= 11 is 0. The highest BCUT2D eigenvalue weighted by atomic mass is 35.5. The molecule has 1 fully saturated rings. The first-order valence-electron chi connectivity index (χ1n) is 7.00. The van der Waals surface area contributed by atoms with Gasteiger partial charge in [-0.1, -0.05) is 12.1 Å². The van der Waals surface area contributed by atoms with Gasteiger partial charge in [-0.25, -0.2) is 4.39 Å². The molecule has 0 unspecified atom stereocenters. The van der Waals surface area contributed by atoms with Gasteiger partial charge in [0.2, 0.25) is 5.91 Å². The lowest BCUT2D eigenvalue weighted by Gasteiger charge is -2.16. The van der Waals surface area contributed by atoms with Gasteiger partial charge in [-0.3, -0.25) is 4.79 Å². The molecule has 1 amide bonds. The fourth-order valence-corrected chi connectivity index (χ4v) is 2.44. The number of hydrogen-bond donors (Lipinski definition) is 0. The van der Waals surface area contributed by atoms with Crippen LogP contribution in [0.5, 0.6) is 5.75 Å². The van der Waals surface area contributed by atoms with Gasteiger partial charge >= 0.3 is 0 Å². The number of rotatable bonds is 4. The number of benzene rings is 2. The van der Waals surface area contributed by atoms with E-state index >= 15 is 0 Å². The Morgan fingerprint density at radius 2 is 1.91 bits per heavy atom. The second-order valence-corrected chi connectivity index (χ2v) is 5.06. The van der Waals surface area contributed by atoms with Crippen molar-refractivity contribution in [2.24, 2.45) is 0 Å². The lowest BCUT2D eigenvalue weighted by Crippen LogP contribution is -2.23. The predicted molar refractivity (Wildman–Crippen MR) is 86.0 cm³/mol. The molecule has 1 heterocycles. The Balaban J connectivity index is 0.00000176. The van der Waals surface area contributed by atoms with Crippen molar-refractivity contribution in [3.05, 3.63) is 59.9 Å². The lowest BCUT2D eigenvalue weighted by atomic mass is 10.2. The van der Waals surface area contributed by atoms with E-state index in [4.69, 9.17) is 4.74 Å². The van der Waals surface area contributed by atoms with Gasteiger partial charge in [-0.15, -0.1) is 12.4 Å². The number of halogens is 2. The summed E-state index contributed by atoms with van der Waals surface area (Å²) in [6.07, 6.45) is 1.54. The molecule has 0 radical (unpaired) electrons. The molecule has 0 aromatic heterocycles. The molecule has 3 rings (SSSR count). The molecule has 1 aliphatic heterocycles. The Morgan fingerprint density at radius 3 is 2.55 bits per heavy atom. The van der Waals surface area contributed by atoms with Crippen LogP contribution in [0.4, 0.5) is 10.1 Å². The average molecular weight is 322 g/mol. The normalized spacial score (nSPS) is 13.9. The van der Waals surface area contributed by atoms with Gasteiger partial charge < -0.3 is 9.64 Å². The summed E-state index contributed by atoms with van der Waals surface area (Å²) in [6, 6.07) is 13.8. The maximum Gasteiger partial charge on any atom is 0.227 e. The fraction of sp³-hybridized carbons (Fsp3) is 0.235. The molecule has 0 saturated carbocycles. The first-order chi connectivity index (χ1) is 10.2. The van der Waals surface area contributed by atoms with E-state index in [9.17, 15) is 9.18 Å². The number of carbonyl (C=O) groups excluding carboxylic acids is 1. The summed E-state index contributed by atoms with van der Waals surface area (Å²) in [4.78, 5) is 13.4. The lowest BCUT2D eigenvalue weighted by molar-refractivity contribution is -0.117. The second-order valence-electron chi connectivity index (χ2n) is 5.06. The fourth-order valence-electron chi connectivity index (χ4n) is 2.44. The van der Waals surface area contributed by atoms with Crippen LogP contribution in [-0.2, 0) is 11.4 Å². The molecular weight excluding hydrogens is 305 g/mol. The monoisotopic (exact) mass is 321 g/mol. The van der Waals surface area contributed by atoms with E-state index in [1.165, 1.54) is 12.1 Å². The Kier molecular flexibility index (Phi) is 5.39. The molecule has 0 N–H and O–H groups in total. The van der Waals surface area contributed by atoms with Crippen molar-refractivity contribution < 1.29 is 13.9 Å². The summed E-state index contributed by atoms with van der Waals surface area (Å²) in [5.74, 6) is 0.608. The van der Waals surface area contributed by atoms with E-state index in [1.54, 1.807) is 11.0 Å². The van der Waals surface area contributed by atoms with Crippen molar-refractivity contribution >= 4 is 24.0 Å². The van der Waals surface area contributed by atoms with Crippen LogP contribution in [0.25, 0.3) is 0 Å². The summed E-state index contributed by atoms with van der Waals surface area (Å²) in [5, 5.41) is 0. The van der Waals surface area contributed by atoms with Crippen molar-refractivity contribution in [3.63, 3.8) is 0 Å². The zero-order valence-electron chi connectivity index (χ0n) is 12.0. The third-order valence-electron chi connectivity index (χ3n) is 3.52. The average Bonchev–Trinajstić information content (AvgIpc) is 2.92. The van der Waals surface area contributed by atoms with Crippen LogP contribution in [0.2, 0.25) is 0 Å². The van der Waals surface area contributed by atoms with Gasteiger partial charge in [-0.2, -0.15) is 0 Å². The molecule has 116 valence electrons. The molecule has 1 saturated heterocycles. The Morgan fingerprint density at radius 1 is 1.14 bits per heavy atom. The molecular formula is C17H17ClFNO2. The zero-order valence-corrected chi connectivity index (χ0v) is 12.8. The van der Waals surface area contributed by atoms with Crippen LogP contribution in [0, 0.1) is 5.82 Å². The van der Waals surface area contributed by atoms with Crippen molar-refractivity contribution in [2.45, 2.75) is 19.4 Å². The van der Waals surface area contributed by atoms with E-state index in [1.807, 2.05) is 30.3 Å². The largest absolute Gasteiger partial charge is 0.489 e. The maximum absolute atomic E-state index is 13.1. The number of nitrogens with zero attached hydrogens (tertiary/aromatic N) is 1. The van der Waals surface area contributed by atoms with E-state index in [0.29, 0.717) is 18.8 Å². The minimum atomic E-state index is -0.265. The first kappa shape index (κ1) is 16.3. The minimum absolute atomic E-state index is 0. The van der Waals surface area contributed by atoms with E-state index < -0.39 is 0 Å². The van der Waals surface area contributed by atoms with Gasteiger partial charge in [0, 0.05) is 18.7 Å². The van der Waals surface area contributed by atoms with Gasteiger partial charge in [0.05, 0.1) is 0 Å². The number of hydrogen-bond acceptors (Lipinski definition) is 2. The van der Waals surface area contributed by atoms with Gasteiger partial charge in [-0.05, 0) is 48.4 Å². The smallest absolute Gasteiger partial charge is 0.227 e. The molecule has 3 nitrogen and oxygen atoms in total. The van der Waals surface area contributed by atoms with Crippen molar-refractivity contribution in [3.8, 4) is 5.75 Å². The van der Waals surface area contributed by atoms with Gasteiger partial charge in [0.25, 0.3) is 0 Å². The summed E-state index contributed by atoms with van der Waals surface area (Å²) in [5.41, 5.74) is 1.68. The summed E-state index contributed by atoms with van der Waals surface area (Å²) in [7, 11) is 0. The van der Waals surface area contributed by atoms with Crippen molar-refractivity contribution in [2.75, 3.05) is 11.4 Å². The molecule has 0 bridgehead atoms. The molecule has 2 aromatic rings. The standard InChI is InChI=1S/C17H16FNO2.ClH/c18-14-4-1-3-13(11-14)12-21-16-8-6-15(7-9-16)19-10-2-5-17(19)20;/h1,3-4,6-9,11H,2,5,10,12H2;1H. The number of amides is 1. The van der Waals surface area contributed by atoms with E-state index in [-0.39, 0.29) is 24.1 Å². The van der Waals surface area contributed by atoms with Crippen molar-refractivity contribution in [1.82, 2.24) is 0 Å². The van der Waals surface area contributed by atoms with Crippen molar-refractivity contribution in [1.29, 1.82) is 0 Å². The highest BCUT2D eigenvalue weighted by Gasteiger charge is 2.21. The topological polar surface area (TPSA) is 29.5 Å². The van der Waals surface area contributed by atoms with E-state index in [0.717, 1.165) is 24.2 Å². The summed E-state index contributed by atoms with van der Waals surface area (Å²) in [6.45, 7) is 1.10. The number of carbonyl (C=O) groups is 1. The molecule has 0 spiro atoms. The third kappa shape index (κ3) is 3.77. The summed E-state index contributed by atoms with van der Waals surface area (Å²) < 4.78 is 18.7. The molecule has 5 heteroatoms. The number of anilines is 1. The molecule has 22 heavy (non-hydrogen) atoms. The second kappa shape index (κ2) is 7.27. The Labute approximate surface area is 135 Å². The predicted octanol–water partition coefficient (Wildman–Crippen LogP) is 3.95. The number of ether oxygens (including phenoxy) is 1. The highest BCUT2D eigenvalue weighted by Crippen LogP contribution is 2.24. The SMILES string of the molecule is Cl.O=C1CCCN1c1ccc(OCc2cccc(F)c2)cc1. The first-order valence-corrected chi connectivity index (χ1v) is 7.00. The Bertz CT molecular complexity index is 645. The van der Waals surface area contributed by atoms with Crippen LogP contribution >= 0.6 is 12.4 Å². The molecule has 0 atom stereocenters. The highest BCUT2D eigenvalue weighted by molar-refractivity contribution is 5.95. The van der Waals surface area contributed by atoms with Crippen LogP contribution < -0.4 is 9.64 Å². The van der Waals surface area contributed by atoms with Crippen LogP contribution in [-0.4, -0.2) is 12.5 Å². The minimum Gasteiger partial charge on any atom is -0.489 e. The van der Waals surface area contributed by atoms with Crippen LogP contribution in [0.15, 0.2) is 48.5 Å². The van der Waals surface area contributed by atoms with Crippen LogP contribution in [0.1, 0.15) is 18.4 Å². The quantitative estimate of drug-likeness (QED) is 0.853. The van der Waals surface area contributed by atoms with Gasteiger partial charge in [0.15, 0.2) is 0 Å². The molecule has 1 aliphatic rings. The maximum atomic E-state index is 13.1. The molecule has 2 aromatic carbocycles. The van der Waals surface area contributed by atoms with E-state index in [2.05, 4.69) is 0 Å². The third-order valence-corrected chi connectivity index (χ3v) is 3.52. The molecule has 0 aliphatic carbocycles. The van der Waals surface area contributed by atoms with Crippen LogP contribution in [0.3, 0.4) is 0 Å². The zero-order chi connectivity index (χ0) is 14.7. The Hall–Kier alpha value is -2.07. The van der Waals surface area contributed by atoms with Gasteiger partial charge in [0.1, 0.15) is 18.2 Å².